The molecular weight excluding hydrogens is 398 g/mol. The SMILES string of the molecule is CCCCn1nc(C(=O)NC(C(=O)OC)C(C)(C)C)c2cc(Br)ccc21. The lowest BCUT2D eigenvalue weighted by atomic mass is 9.86. The number of ether oxygens (including phenoxy) is 1. The normalized spacial score (nSPS) is 12.8. The Morgan fingerprint density at radius 1 is 1.35 bits per heavy atom. The molecule has 1 aromatic heterocycles. The molecule has 0 spiro atoms. The second kappa shape index (κ2) is 8.20. The number of carbonyl (C=O) groups excluding carboxylic acids is 2. The van der Waals surface area contributed by atoms with Crippen molar-refractivity contribution in [1.29, 1.82) is 0 Å². The Kier molecular flexibility index (Phi) is 6.44. The number of methoxy groups -OCH3 is 1. The van der Waals surface area contributed by atoms with Crippen molar-refractivity contribution >= 4 is 38.7 Å². The zero-order chi connectivity index (χ0) is 19.5. The maximum atomic E-state index is 12.9. The summed E-state index contributed by atoms with van der Waals surface area (Å²) in [6.45, 7) is 8.48. The van der Waals surface area contributed by atoms with Gasteiger partial charge in [-0.3, -0.25) is 9.48 Å². The first kappa shape index (κ1) is 20.4. The summed E-state index contributed by atoms with van der Waals surface area (Å²) in [5.74, 6) is -0.851. The molecule has 1 atom stereocenters. The van der Waals surface area contributed by atoms with Crippen LogP contribution in [0.15, 0.2) is 22.7 Å². The molecule has 1 unspecified atom stereocenters. The second-order valence-corrected chi connectivity index (χ2v) is 8.30. The number of aromatic nitrogens is 2. The fourth-order valence-electron chi connectivity index (χ4n) is 2.74. The Bertz CT molecular complexity index is 808. The fraction of sp³-hybridized carbons (Fsp3) is 0.526. The van der Waals surface area contributed by atoms with E-state index in [1.165, 1.54) is 7.11 Å². The van der Waals surface area contributed by atoms with Gasteiger partial charge in [0, 0.05) is 16.4 Å². The van der Waals surface area contributed by atoms with Gasteiger partial charge in [-0.2, -0.15) is 5.10 Å². The van der Waals surface area contributed by atoms with Crippen LogP contribution in [0, 0.1) is 5.41 Å². The van der Waals surface area contributed by atoms with Gasteiger partial charge in [-0.05, 0) is 30.0 Å². The Balaban J connectivity index is 2.43. The number of benzene rings is 1. The smallest absolute Gasteiger partial charge is 0.328 e. The Morgan fingerprint density at radius 2 is 2.04 bits per heavy atom. The van der Waals surface area contributed by atoms with E-state index in [1.807, 2.05) is 43.7 Å². The van der Waals surface area contributed by atoms with Crippen LogP contribution < -0.4 is 5.32 Å². The third kappa shape index (κ3) is 4.44. The van der Waals surface area contributed by atoms with E-state index in [1.54, 1.807) is 0 Å². The summed E-state index contributed by atoms with van der Waals surface area (Å²) >= 11 is 3.45. The minimum Gasteiger partial charge on any atom is -0.467 e. The van der Waals surface area contributed by atoms with Gasteiger partial charge in [0.05, 0.1) is 12.6 Å². The second-order valence-electron chi connectivity index (χ2n) is 7.38. The average Bonchev–Trinajstić information content (AvgIpc) is 2.93. The molecule has 0 aliphatic rings. The summed E-state index contributed by atoms with van der Waals surface area (Å²) in [5, 5.41) is 8.08. The number of hydrogen-bond donors (Lipinski definition) is 1. The van der Waals surface area contributed by atoms with Crippen LogP contribution in [0.1, 0.15) is 51.0 Å². The first-order valence-electron chi connectivity index (χ1n) is 8.73. The van der Waals surface area contributed by atoms with Crippen LogP contribution in [0.5, 0.6) is 0 Å². The molecule has 0 fully saturated rings. The van der Waals surface area contributed by atoms with Crippen molar-refractivity contribution in [3.8, 4) is 0 Å². The highest BCUT2D eigenvalue weighted by Gasteiger charge is 2.34. The van der Waals surface area contributed by atoms with Crippen LogP contribution in [0.4, 0.5) is 0 Å². The monoisotopic (exact) mass is 423 g/mol. The van der Waals surface area contributed by atoms with Crippen molar-refractivity contribution in [3.05, 3.63) is 28.4 Å². The van der Waals surface area contributed by atoms with Gasteiger partial charge in [-0.25, -0.2) is 4.79 Å². The molecule has 6 nitrogen and oxygen atoms in total. The number of esters is 1. The fourth-order valence-corrected chi connectivity index (χ4v) is 3.10. The predicted molar refractivity (Wildman–Crippen MR) is 105 cm³/mol. The molecule has 0 aliphatic heterocycles. The lowest BCUT2D eigenvalue weighted by Gasteiger charge is -2.28. The molecule has 2 aromatic rings. The van der Waals surface area contributed by atoms with Crippen molar-refractivity contribution < 1.29 is 14.3 Å². The Labute approximate surface area is 162 Å². The van der Waals surface area contributed by atoms with Gasteiger partial charge in [-0.1, -0.05) is 50.0 Å². The van der Waals surface area contributed by atoms with Gasteiger partial charge in [-0.15, -0.1) is 0 Å². The first-order chi connectivity index (χ1) is 12.2. The van der Waals surface area contributed by atoms with Gasteiger partial charge in [0.25, 0.3) is 5.91 Å². The molecular formula is C19H26BrN3O3. The van der Waals surface area contributed by atoms with Crippen LogP contribution in [-0.4, -0.2) is 34.8 Å². The van der Waals surface area contributed by atoms with Crippen molar-refractivity contribution in [1.82, 2.24) is 15.1 Å². The van der Waals surface area contributed by atoms with Crippen LogP contribution in [0.2, 0.25) is 0 Å². The third-order valence-corrected chi connectivity index (χ3v) is 4.72. The third-order valence-electron chi connectivity index (χ3n) is 4.23. The highest BCUT2D eigenvalue weighted by atomic mass is 79.9. The average molecular weight is 424 g/mol. The number of nitrogens with one attached hydrogen (secondary N) is 1. The van der Waals surface area contributed by atoms with Crippen molar-refractivity contribution in [3.63, 3.8) is 0 Å². The molecule has 26 heavy (non-hydrogen) atoms. The van der Waals surface area contributed by atoms with E-state index >= 15 is 0 Å². The molecule has 142 valence electrons. The van der Waals surface area contributed by atoms with E-state index in [0.29, 0.717) is 5.69 Å². The number of rotatable bonds is 6. The van der Waals surface area contributed by atoms with E-state index < -0.39 is 17.4 Å². The van der Waals surface area contributed by atoms with Crippen molar-refractivity contribution in [2.75, 3.05) is 7.11 Å². The summed E-state index contributed by atoms with van der Waals surface area (Å²) in [6.07, 6.45) is 2.01. The number of unbranched alkanes of at least 4 members (excludes halogenated alkanes) is 1. The van der Waals surface area contributed by atoms with E-state index in [2.05, 4.69) is 33.3 Å². The molecule has 0 saturated carbocycles. The van der Waals surface area contributed by atoms with E-state index in [9.17, 15) is 9.59 Å². The summed E-state index contributed by atoms with van der Waals surface area (Å²) in [4.78, 5) is 25.0. The molecule has 2 rings (SSSR count). The van der Waals surface area contributed by atoms with Gasteiger partial charge in [0.2, 0.25) is 0 Å². The first-order valence-corrected chi connectivity index (χ1v) is 9.53. The summed E-state index contributed by atoms with van der Waals surface area (Å²) < 4.78 is 7.58. The number of amides is 1. The zero-order valence-corrected chi connectivity index (χ0v) is 17.5. The zero-order valence-electron chi connectivity index (χ0n) is 15.9. The van der Waals surface area contributed by atoms with Crippen LogP contribution in [-0.2, 0) is 16.1 Å². The number of fused-ring (bicyclic) bond motifs is 1. The topological polar surface area (TPSA) is 73.2 Å². The van der Waals surface area contributed by atoms with Gasteiger partial charge in [0.15, 0.2) is 5.69 Å². The minimum absolute atomic E-state index is 0.315. The number of aryl methyl sites for hydroxylation is 1. The van der Waals surface area contributed by atoms with Crippen molar-refractivity contribution in [2.45, 2.75) is 53.1 Å². The van der Waals surface area contributed by atoms with E-state index in [-0.39, 0.29) is 5.91 Å². The largest absolute Gasteiger partial charge is 0.467 e. The molecule has 0 saturated heterocycles. The maximum absolute atomic E-state index is 12.9. The number of halogens is 1. The van der Waals surface area contributed by atoms with Crippen LogP contribution in [0.3, 0.4) is 0 Å². The van der Waals surface area contributed by atoms with Crippen molar-refractivity contribution in [2.24, 2.45) is 5.41 Å². The van der Waals surface area contributed by atoms with Gasteiger partial charge >= 0.3 is 5.97 Å². The standard InChI is InChI=1S/C19H26BrN3O3/c1-6-7-10-23-14-9-8-12(20)11-13(14)15(22-23)17(24)21-16(18(25)26-5)19(2,3)4/h8-9,11,16H,6-7,10H2,1-5H3,(H,21,24). The number of nitrogens with zero attached hydrogens (tertiary/aromatic N) is 2. The highest BCUT2D eigenvalue weighted by molar-refractivity contribution is 9.10. The lowest BCUT2D eigenvalue weighted by Crippen LogP contribution is -2.49. The molecule has 0 bridgehead atoms. The quantitative estimate of drug-likeness (QED) is 0.714. The Hall–Kier alpha value is -1.89. The predicted octanol–water partition coefficient (Wildman–Crippen LogP) is 3.92. The van der Waals surface area contributed by atoms with E-state index in [4.69, 9.17) is 4.74 Å². The van der Waals surface area contributed by atoms with Gasteiger partial charge in [0.1, 0.15) is 6.04 Å². The molecule has 1 amide bonds. The Morgan fingerprint density at radius 3 is 2.62 bits per heavy atom. The summed E-state index contributed by atoms with van der Waals surface area (Å²) in [7, 11) is 1.32. The maximum Gasteiger partial charge on any atom is 0.328 e. The van der Waals surface area contributed by atoms with Crippen LogP contribution in [0.25, 0.3) is 10.9 Å². The summed E-state index contributed by atoms with van der Waals surface area (Å²) in [5.41, 5.74) is 0.733. The number of hydrogen-bond acceptors (Lipinski definition) is 4. The molecule has 1 N–H and O–H groups in total. The molecule has 7 heteroatoms. The molecule has 1 aromatic carbocycles. The minimum atomic E-state index is -0.761. The molecule has 0 aliphatic carbocycles. The molecule has 1 heterocycles. The number of carbonyl (C=O) groups is 2. The molecule has 0 radical (unpaired) electrons. The van der Waals surface area contributed by atoms with Crippen LogP contribution >= 0.6 is 15.9 Å². The highest BCUT2D eigenvalue weighted by Crippen LogP contribution is 2.25. The van der Waals surface area contributed by atoms with E-state index in [0.717, 1.165) is 34.8 Å². The lowest BCUT2D eigenvalue weighted by molar-refractivity contribution is -0.145. The van der Waals surface area contributed by atoms with Gasteiger partial charge < -0.3 is 10.1 Å². The summed E-state index contributed by atoms with van der Waals surface area (Å²) in [6, 6.07) is 4.99.